The molecule has 0 radical (unpaired) electrons. The zero-order valence-electron chi connectivity index (χ0n) is 10.4. The summed E-state index contributed by atoms with van der Waals surface area (Å²) in [5.74, 6) is 0.761. The first-order valence-electron chi connectivity index (χ1n) is 6.32. The van der Waals surface area contributed by atoms with Crippen molar-refractivity contribution in [1.29, 1.82) is 0 Å². The van der Waals surface area contributed by atoms with Crippen LogP contribution >= 0.6 is 11.6 Å². The van der Waals surface area contributed by atoms with Crippen molar-refractivity contribution in [3.05, 3.63) is 41.1 Å². The van der Waals surface area contributed by atoms with Crippen LogP contribution in [0.3, 0.4) is 0 Å². The van der Waals surface area contributed by atoms with E-state index in [0.29, 0.717) is 11.6 Å². The van der Waals surface area contributed by atoms with Crippen LogP contribution < -0.4 is 5.73 Å². The third-order valence-electron chi connectivity index (χ3n) is 3.30. The van der Waals surface area contributed by atoms with E-state index in [1.165, 1.54) is 0 Å². The van der Waals surface area contributed by atoms with Crippen molar-refractivity contribution < 1.29 is 9.26 Å². The quantitative estimate of drug-likeness (QED) is 0.916. The van der Waals surface area contributed by atoms with Gasteiger partial charge in [-0.2, -0.15) is 0 Å². The van der Waals surface area contributed by atoms with Crippen molar-refractivity contribution in [3.63, 3.8) is 0 Å². The van der Waals surface area contributed by atoms with Crippen molar-refractivity contribution in [2.75, 3.05) is 6.61 Å². The van der Waals surface area contributed by atoms with Gasteiger partial charge >= 0.3 is 0 Å². The van der Waals surface area contributed by atoms with Crippen LogP contribution in [0.4, 0.5) is 0 Å². The SMILES string of the molecule is N[C@@H]1CC[C@@H](c2cc(-c3ccc(Cl)cc3)no2)OC1. The molecule has 2 heterocycles. The maximum absolute atomic E-state index is 5.86. The van der Waals surface area contributed by atoms with E-state index in [-0.39, 0.29) is 12.1 Å². The van der Waals surface area contributed by atoms with E-state index < -0.39 is 0 Å². The first-order valence-corrected chi connectivity index (χ1v) is 6.70. The van der Waals surface area contributed by atoms with Gasteiger partial charge in [0, 0.05) is 22.7 Å². The number of nitrogens with two attached hydrogens (primary N) is 1. The summed E-state index contributed by atoms with van der Waals surface area (Å²) in [4.78, 5) is 0. The normalized spacial score (nSPS) is 23.5. The molecule has 5 heteroatoms. The van der Waals surface area contributed by atoms with Crippen LogP contribution in [0.15, 0.2) is 34.9 Å². The molecule has 1 aliphatic rings. The van der Waals surface area contributed by atoms with Gasteiger partial charge in [-0.15, -0.1) is 0 Å². The molecule has 0 amide bonds. The first-order chi connectivity index (χ1) is 9.22. The highest BCUT2D eigenvalue weighted by Gasteiger charge is 2.24. The van der Waals surface area contributed by atoms with E-state index >= 15 is 0 Å². The second-order valence-corrected chi connectivity index (χ2v) is 5.22. The van der Waals surface area contributed by atoms with Crippen LogP contribution in [0.2, 0.25) is 5.02 Å². The van der Waals surface area contributed by atoms with Crippen molar-refractivity contribution in [2.24, 2.45) is 5.73 Å². The minimum absolute atomic E-state index is 0.0339. The second kappa shape index (κ2) is 5.33. The smallest absolute Gasteiger partial charge is 0.166 e. The molecule has 0 unspecified atom stereocenters. The molecule has 1 saturated heterocycles. The Labute approximate surface area is 116 Å². The monoisotopic (exact) mass is 278 g/mol. The van der Waals surface area contributed by atoms with E-state index in [9.17, 15) is 0 Å². The third-order valence-corrected chi connectivity index (χ3v) is 3.55. The highest BCUT2D eigenvalue weighted by Crippen LogP contribution is 2.30. The molecule has 2 aromatic rings. The van der Waals surface area contributed by atoms with Crippen LogP contribution in [0.5, 0.6) is 0 Å². The number of aromatic nitrogens is 1. The lowest BCUT2D eigenvalue weighted by atomic mass is 10.0. The number of hydrogen-bond acceptors (Lipinski definition) is 4. The van der Waals surface area contributed by atoms with Crippen molar-refractivity contribution in [3.8, 4) is 11.3 Å². The number of hydrogen-bond donors (Lipinski definition) is 1. The van der Waals surface area contributed by atoms with Gasteiger partial charge in [0.1, 0.15) is 11.8 Å². The van der Waals surface area contributed by atoms with Gasteiger partial charge < -0.3 is 15.0 Å². The molecule has 2 atom stereocenters. The zero-order valence-corrected chi connectivity index (χ0v) is 11.1. The first kappa shape index (κ1) is 12.7. The van der Waals surface area contributed by atoms with E-state index in [4.69, 9.17) is 26.6 Å². The van der Waals surface area contributed by atoms with Crippen LogP contribution in [0.25, 0.3) is 11.3 Å². The minimum atomic E-state index is -0.0339. The molecule has 0 saturated carbocycles. The van der Waals surface area contributed by atoms with Crippen LogP contribution in [0, 0.1) is 0 Å². The van der Waals surface area contributed by atoms with E-state index in [2.05, 4.69) is 5.16 Å². The molecule has 100 valence electrons. The Morgan fingerprint density at radius 1 is 1.21 bits per heavy atom. The fourth-order valence-electron chi connectivity index (χ4n) is 2.19. The summed E-state index contributed by atoms with van der Waals surface area (Å²) in [5, 5.41) is 4.79. The predicted octanol–water partition coefficient (Wildman–Crippen LogP) is 3.17. The van der Waals surface area contributed by atoms with Gasteiger partial charge in [-0.3, -0.25) is 0 Å². The van der Waals surface area contributed by atoms with Gasteiger partial charge in [-0.25, -0.2) is 0 Å². The van der Waals surface area contributed by atoms with Crippen LogP contribution in [0.1, 0.15) is 24.7 Å². The lowest BCUT2D eigenvalue weighted by molar-refractivity contribution is -0.0111. The van der Waals surface area contributed by atoms with Crippen LogP contribution in [-0.4, -0.2) is 17.8 Å². The van der Waals surface area contributed by atoms with Crippen molar-refractivity contribution in [2.45, 2.75) is 25.0 Å². The number of nitrogens with zero attached hydrogens (tertiary/aromatic N) is 1. The Kier molecular flexibility index (Phi) is 3.55. The van der Waals surface area contributed by atoms with Gasteiger partial charge in [0.15, 0.2) is 5.76 Å². The zero-order chi connectivity index (χ0) is 13.2. The van der Waals surface area contributed by atoms with E-state index in [1.54, 1.807) is 0 Å². The Morgan fingerprint density at radius 2 is 2.00 bits per heavy atom. The fraction of sp³-hybridized carbons (Fsp3) is 0.357. The molecular formula is C14H15ClN2O2. The molecule has 1 aromatic carbocycles. The molecule has 0 bridgehead atoms. The maximum Gasteiger partial charge on any atom is 0.166 e. The molecule has 19 heavy (non-hydrogen) atoms. The summed E-state index contributed by atoms with van der Waals surface area (Å²) in [6.45, 7) is 0.571. The number of rotatable bonds is 2. The summed E-state index contributed by atoms with van der Waals surface area (Å²) in [6, 6.07) is 9.56. The molecule has 0 spiro atoms. The molecule has 2 N–H and O–H groups in total. The second-order valence-electron chi connectivity index (χ2n) is 4.78. The summed E-state index contributed by atoms with van der Waals surface area (Å²) in [7, 11) is 0. The molecule has 4 nitrogen and oxygen atoms in total. The Bertz CT molecular complexity index is 545. The Morgan fingerprint density at radius 3 is 2.68 bits per heavy atom. The highest BCUT2D eigenvalue weighted by atomic mass is 35.5. The van der Waals surface area contributed by atoms with Gasteiger partial charge in [-0.1, -0.05) is 28.9 Å². The predicted molar refractivity (Wildman–Crippen MR) is 72.9 cm³/mol. The van der Waals surface area contributed by atoms with Crippen molar-refractivity contribution >= 4 is 11.6 Å². The molecule has 1 fully saturated rings. The summed E-state index contributed by atoms with van der Waals surface area (Å²) in [5.41, 5.74) is 7.58. The molecule has 0 aliphatic carbocycles. The Hall–Kier alpha value is -1.36. The minimum Gasteiger partial charge on any atom is -0.369 e. The number of benzene rings is 1. The number of ether oxygens (including phenoxy) is 1. The molecule has 1 aromatic heterocycles. The van der Waals surface area contributed by atoms with E-state index in [1.807, 2.05) is 30.3 Å². The van der Waals surface area contributed by atoms with Gasteiger partial charge in [0.25, 0.3) is 0 Å². The van der Waals surface area contributed by atoms with Crippen molar-refractivity contribution in [1.82, 2.24) is 5.16 Å². The average molecular weight is 279 g/mol. The summed E-state index contributed by atoms with van der Waals surface area (Å²) < 4.78 is 11.0. The molecule has 1 aliphatic heterocycles. The maximum atomic E-state index is 5.86. The molecule has 3 rings (SSSR count). The number of halogens is 1. The van der Waals surface area contributed by atoms with Gasteiger partial charge in [0.05, 0.1) is 6.61 Å². The topological polar surface area (TPSA) is 61.3 Å². The molecular weight excluding hydrogens is 264 g/mol. The van der Waals surface area contributed by atoms with E-state index in [0.717, 1.165) is 29.9 Å². The average Bonchev–Trinajstić information content (AvgIpc) is 2.90. The lowest BCUT2D eigenvalue weighted by Crippen LogP contribution is -2.32. The summed E-state index contributed by atoms with van der Waals surface area (Å²) in [6.07, 6.45) is 1.78. The summed E-state index contributed by atoms with van der Waals surface area (Å²) >= 11 is 5.86. The van der Waals surface area contributed by atoms with Crippen LogP contribution in [-0.2, 0) is 4.74 Å². The largest absolute Gasteiger partial charge is 0.369 e. The highest BCUT2D eigenvalue weighted by molar-refractivity contribution is 6.30. The van der Waals surface area contributed by atoms with Gasteiger partial charge in [-0.05, 0) is 25.0 Å². The lowest BCUT2D eigenvalue weighted by Gasteiger charge is -2.24. The van der Waals surface area contributed by atoms with Gasteiger partial charge in [0.2, 0.25) is 0 Å². The third kappa shape index (κ3) is 2.81. The fourth-order valence-corrected chi connectivity index (χ4v) is 2.32. The Balaban J connectivity index is 1.77. The standard InChI is InChI=1S/C14H15ClN2O2/c15-10-3-1-9(2-4-10)12-7-14(19-17-12)13-6-5-11(16)8-18-13/h1-4,7,11,13H,5-6,8,16H2/t11-,13+/m1/s1.